The van der Waals surface area contributed by atoms with E-state index < -0.39 is 13.2 Å². The summed E-state index contributed by atoms with van der Waals surface area (Å²) < 4.78 is 10.2. The summed E-state index contributed by atoms with van der Waals surface area (Å²) in [6, 6.07) is 0. The summed E-state index contributed by atoms with van der Waals surface area (Å²) in [7, 11) is -4.22. The van der Waals surface area contributed by atoms with E-state index >= 15 is 0 Å². The van der Waals surface area contributed by atoms with Gasteiger partial charge in [-0.05, 0) is 0 Å². The molecule has 1 aromatic heterocycles. The number of nitrogens with one attached hydrogen (secondary N) is 1. The number of nitrogens with zero attached hydrogens (tertiary/aromatic N) is 2. The van der Waals surface area contributed by atoms with Gasteiger partial charge in [-0.2, -0.15) is 0 Å². The van der Waals surface area contributed by atoms with Crippen LogP contribution in [0, 0.1) is 0 Å². The fourth-order valence-corrected chi connectivity index (χ4v) is 0.739. The Morgan fingerprint density at radius 1 is 1.67 bits per heavy atom. The quantitative estimate of drug-likeness (QED) is 0.427. The number of H-pyrrole nitrogens is 1. The van der Waals surface area contributed by atoms with E-state index in [0.29, 0.717) is 0 Å². The Bertz CT molecular complexity index is 225. The van der Waals surface area contributed by atoms with E-state index in [-0.39, 0.29) is 0 Å². The first kappa shape index (κ1) is 6.41. The lowest BCUT2D eigenvalue weighted by Gasteiger charge is -1.92. The summed E-state index contributed by atoms with van der Waals surface area (Å²) in [6.07, 6.45) is 1.11. The molecule has 0 bridgehead atoms. The van der Waals surface area contributed by atoms with Gasteiger partial charge >= 0.3 is 7.60 Å². The van der Waals surface area contributed by atoms with Crippen molar-refractivity contribution in [2.45, 2.75) is 0 Å². The van der Waals surface area contributed by atoms with Crippen LogP contribution in [0.15, 0.2) is 6.33 Å². The fraction of sp³-hybridized carbons (Fsp3) is 0. The molecule has 0 aromatic carbocycles. The van der Waals surface area contributed by atoms with E-state index in [1.165, 1.54) is 0 Å². The molecule has 0 unspecified atom stereocenters. The van der Waals surface area contributed by atoms with Gasteiger partial charge in [-0.15, -0.1) is 5.10 Å². The molecule has 0 spiro atoms. The van der Waals surface area contributed by atoms with Gasteiger partial charge in [0.1, 0.15) is 6.33 Å². The van der Waals surface area contributed by atoms with E-state index in [1.807, 2.05) is 0 Å². The Hall–Kier alpha value is -0.710. The van der Waals surface area contributed by atoms with Crippen molar-refractivity contribution in [2.24, 2.45) is 0 Å². The number of hydrogen-bond donors (Lipinski definition) is 3. The molecule has 0 aliphatic rings. The van der Waals surface area contributed by atoms with E-state index in [2.05, 4.69) is 15.2 Å². The maximum atomic E-state index is 10.2. The first-order valence-electron chi connectivity index (χ1n) is 2.02. The molecular formula is C2H4N3O3P. The fourth-order valence-electron chi connectivity index (χ4n) is 0.342. The van der Waals surface area contributed by atoms with Gasteiger partial charge in [0.2, 0.25) is 0 Å². The smallest absolute Gasteiger partial charge is 0.319 e. The Morgan fingerprint density at radius 3 is 2.56 bits per heavy atom. The van der Waals surface area contributed by atoms with Crippen LogP contribution in [0.25, 0.3) is 0 Å². The second-order valence-electron chi connectivity index (χ2n) is 1.34. The van der Waals surface area contributed by atoms with Crippen LogP contribution in [-0.4, -0.2) is 25.0 Å². The van der Waals surface area contributed by atoms with Gasteiger partial charge in [0.15, 0.2) is 0 Å². The van der Waals surface area contributed by atoms with Crippen molar-refractivity contribution in [2.75, 3.05) is 0 Å². The predicted molar refractivity (Wildman–Crippen MR) is 28.1 cm³/mol. The monoisotopic (exact) mass is 149 g/mol. The number of rotatable bonds is 1. The van der Waals surface area contributed by atoms with Crippen molar-refractivity contribution in [1.82, 2.24) is 15.2 Å². The van der Waals surface area contributed by atoms with Crippen LogP contribution in [0.3, 0.4) is 0 Å². The zero-order valence-corrected chi connectivity index (χ0v) is 5.12. The van der Waals surface area contributed by atoms with E-state index in [4.69, 9.17) is 9.79 Å². The third-order valence-corrected chi connectivity index (χ3v) is 1.40. The molecule has 0 aliphatic carbocycles. The lowest BCUT2D eigenvalue weighted by Crippen LogP contribution is -2.07. The highest BCUT2D eigenvalue weighted by molar-refractivity contribution is 7.59. The van der Waals surface area contributed by atoms with Gasteiger partial charge < -0.3 is 9.79 Å². The molecule has 0 radical (unpaired) electrons. The van der Waals surface area contributed by atoms with Crippen molar-refractivity contribution in [1.29, 1.82) is 0 Å². The maximum absolute atomic E-state index is 10.2. The number of aromatic amines is 1. The van der Waals surface area contributed by atoms with Crippen LogP contribution in [0.2, 0.25) is 0 Å². The van der Waals surface area contributed by atoms with E-state index in [1.54, 1.807) is 0 Å². The minimum atomic E-state index is -4.22. The van der Waals surface area contributed by atoms with E-state index in [0.717, 1.165) is 6.33 Å². The molecular weight excluding hydrogens is 145 g/mol. The second-order valence-corrected chi connectivity index (χ2v) is 2.83. The Balaban J connectivity index is 3.04. The first-order valence-corrected chi connectivity index (χ1v) is 3.64. The highest BCUT2D eigenvalue weighted by Crippen LogP contribution is 2.29. The lowest BCUT2D eigenvalue weighted by atomic mass is 11.3. The zero-order chi connectivity index (χ0) is 6.91. The minimum Gasteiger partial charge on any atom is -0.319 e. The molecule has 3 N–H and O–H groups in total. The molecule has 0 saturated heterocycles. The first-order chi connectivity index (χ1) is 4.11. The van der Waals surface area contributed by atoms with Crippen molar-refractivity contribution in [3.8, 4) is 0 Å². The molecule has 7 heteroatoms. The molecule has 1 rings (SSSR count). The van der Waals surface area contributed by atoms with Gasteiger partial charge in [-0.1, -0.05) is 0 Å². The molecule has 0 saturated carbocycles. The van der Waals surface area contributed by atoms with Crippen molar-refractivity contribution < 1.29 is 14.4 Å². The molecule has 0 fully saturated rings. The van der Waals surface area contributed by atoms with Crippen LogP contribution in [0.5, 0.6) is 0 Å². The average molecular weight is 149 g/mol. The Labute approximate surface area is 50.1 Å². The summed E-state index contributed by atoms with van der Waals surface area (Å²) in [6.45, 7) is 0. The van der Waals surface area contributed by atoms with Crippen LogP contribution in [-0.2, 0) is 4.57 Å². The van der Waals surface area contributed by atoms with Gasteiger partial charge in [-0.25, -0.2) is 4.98 Å². The molecule has 1 heterocycles. The molecule has 0 amide bonds. The SMILES string of the molecule is O=P(O)(O)c1nc[nH]n1. The molecule has 9 heavy (non-hydrogen) atoms. The standard InChI is InChI=1S/C2H4N3O3P/c6-9(7,8)2-3-1-4-5-2/h1H,(H,3,4,5)(H2,6,7,8). The van der Waals surface area contributed by atoms with Crippen LogP contribution in [0.4, 0.5) is 0 Å². The van der Waals surface area contributed by atoms with Crippen LogP contribution in [0.1, 0.15) is 0 Å². The topological polar surface area (TPSA) is 99.1 Å². The lowest BCUT2D eigenvalue weighted by molar-refractivity contribution is 0.385. The molecule has 50 valence electrons. The van der Waals surface area contributed by atoms with Crippen molar-refractivity contribution in [3.05, 3.63) is 6.33 Å². The normalized spacial score (nSPS) is 11.8. The van der Waals surface area contributed by atoms with Gasteiger partial charge in [-0.3, -0.25) is 9.66 Å². The van der Waals surface area contributed by atoms with Crippen LogP contribution >= 0.6 is 7.60 Å². The maximum Gasteiger partial charge on any atom is 0.395 e. The zero-order valence-electron chi connectivity index (χ0n) is 4.22. The van der Waals surface area contributed by atoms with Crippen LogP contribution < -0.4 is 5.57 Å². The molecule has 1 aromatic rings. The third-order valence-electron chi connectivity index (χ3n) is 0.663. The minimum absolute atomic E-state index is 0.470. The highest BCUT2D eigenvalue weighted by Gasteiger charge is 2.20. The van der Waals surface area contributed by atoms with Gasteiger partial charge in [0, 0.05) is 0 Å². The summed E-state index contributed by atoms with van der Waals surface area (Å²) >= 11 is 0. The Kier molecular flexibility index (Phi) is 1.36. The summed E-state index contributed by atoms with van der Waals surface area (Å²) in [5.74, 6) is 0. The summed E-state index contributed by atoms with van der Waals surface area (Å²) in [4.78, 5) is 19.9. The Morgan fingerprint density at radius 2 is 2.33 bits per heavy atom. The number of aromatic nitrogens is 3. The predicted octanol–water partition coefficient (Wildman–Crippen LogP) is -1.39. The van der Waals surface area contributed by atoms with Crippen molar-refractivity contribution in [3.63, 3.8) is 0 Å². The largest absolute Gasteiger partial charge is 0.395 e. The van der Waals surface area contributed by atoms with E-state index in [9.17, 15) is 4.57 Å². The average Bonchev–Trinajstić information content (AvgIpc) is 2.08. The van der Waals surface area contributed by atoms with Gasteiger partial charge in [0.25, 0.3) is 5.57 Å². The molecule has 6 nitrogen and oxygen atoms in total. The number of hydrogen-bond acceptors (Lipinski definition) is 3. The second kappa shape index (κ2) is 1.91. The molecule has 0 atom stereocenters. The van der Waals surface area contributed by atoms with Crippen molar-refractivity contribution >= 4 is 13.2 Å². The highest BCUT2D eigenvalue weighted by atomic mass is 31.2. The molecule has 0 aliphatic heterocycles. The summed E-state index contributed by atoms with van der Waals surface area (Å²) in [5, 5.41) is 5.37. The summed E-state index contributed by atoms with van der Waals surface area (Å²) in [5.41, 5.74) is -0.470. The third kappa shape index (κ3) is 1.35. The van der Waals surface area contributed by atoms with Gasteiger partial charge in [0.05, 0.1) is 0 Å².